The van der Waals surface area contributed by atoms with E-state index in [0.717, 1.165) is 5.56 Å². The van der Waals surface area contributed by atoms with Gasteiger partial charge in [0.1, 0.15) is 0 Å². The fourth-order valence-corrected chi connectivity index (χ4v) is 2.20. The molecule has 17 heavy (non-hydrogen) atoms. The number of halogens is 2. The van der Waals surface area contributed by atoms with Gasteiger partial charge in [-0.1, -0.05) is 29.3 Å². The lowest BCUT2D eigenvalue weighted by Crippen LogP contribution is -2.14. The number of rotatable bonds is 4. The Bertz CT molecular complexity index is 384. The molecular weight excluding hydrogens is 263 g/mol. The zero-order chi connectivity index (χ0) is 12.3. The second kappa shape index (κ2) is 6.03. The van der Waals surface area contributed by atoms with Crippen molar-refractivity contribution in [2.45, 2.75) is 25.2 Å². The van der Waals surface area contributed by atoms with E-state index in [1.54, 1.807) is 12.1 Å². The molecule has 0 saturated carbocycles. The molecule has 2 unspecified atom stereocenters. The van der Waals surface area contributed by atoms with Gasteiger partial charge in [-0.25, -0.2) is 0 Å². The van der Waals surface area contributed by atoms with E-state index in [9.17, 15) is 5.11 Å². The standard InChI is InChI=1S/C12H14Cl2O3/c13-9-2-1-8(12(14)3-9)5-16-7-11-4-10(15)6-17-11/h1-3,10-11,15H,4-7H2. The van der Waals surface area contributed by atoms with E-state index in [2.05, 4.69) is 0 Å². The first-order valence-corrected chi connectivity index (χ1v) is 6.22. The third-order valence-corrected chi connectivity index (χ3v) is 3.22. The van der Waals surface area contributed by atoms with Crippen LogP contribution in [0.1, 0.15) is 12.0 Å². The molecule has 0 aromatic heterocycles. The second-order valence-electron chi connectivity index (χ2n) is 4.10. The molecular formula is C12H14Cl2O3. The smallest absolute Gasteiger partial charge is 0.0835 e. The third kappa shape index (κ3) is 3.83. The van der Waals surface area contributed by atoms with Gasteiger partial charge in [0.05, 0.1) is 32.0 Å². The summed E-state index contributed by atoms with van der Waals surface area (Å²) >= 11 is 11.8. The van der Waals surface area contributed by atoms with Crippen molar-refractivity contribution in [3.05, 3.63) is 33.8 Å². The highest BCUT2D eigenvalue weighted by Gasteiger charge is 2.23. The summed E-state index contributed by atoms with van der Waals surface area (Å²) in [7, 11) is 0. The molecule has 1 fully saturated rings. The van der Waals surface area contributed by atoms with E-state index in [1.165, 1.54) is 0 Å². The van der Waals surface area contributed by atoms with Gasteiger partial charge in [-0.2, -0.15) is 0 Å². The number of hydrogen-bond donors (Lipinski definition) is 1. The quantitative estimate of drug-likeness (QED) is 0.919. The zero-order valence-corrected chi connectivity index (χ0v) is 10.7. The maximum absolute atomic E-state index is 9.27. The van der Waals surface area contributed by atoms with Crippen LogP contribution in [0.15, 0.2) is 18.2 Å². The first kappa shape index (κ1) is 13.1. The maximum Gasteiger partial charge on any atom is 0.0835 e. The largest absolute Gasteiger partial charge is 0.391 e. The van der Waals surface area contributed by atoms with E-state index >= 15 is 0 Å². The minimum atomic E-state index is -0.359. The molecule has 1 heterocycles. The van der Waals surface area contributed by atoms with Crippen LogP contribution >= 0.6 is 23.2 Å². The van der Waals surface area contributed by atoms with Crippen molar-refractivity contribution in [1.82, 2.24) is 0 Å². The summed E-state index contributed by atoms with van der Waals surface area (Å²) < 4.78 is 10.8. The van der Waals surface area contributed by atoms with Gasteiger partial charge in [0, 0.05) is 16.5 Å². The van der Waals surface area contributed by atoms with Gasteiger partial charge in [-0.05, 0) is 17.7 Å². The molecule has 3 nitrogen and oxygen atoms in total. The predicted molar refractivity (Wildman–Crippen MR) is 66.5 cm³/mol. The molecule has 0 aliphatic carbocycles. The fraction of sp³-hybridized carbons (Fsp3) is 0.500. The average molecular weight is 277 g/mol. The molecule has 94 valence electrons. The van der Waals surface area contributed by atoms with Crippen LogP contribution in [0.25, 0.3) is 0 Å². The summed E-state index contributed by atoms with van der Waals surface area (Å²) in [4.78, 5) is 0. The summed E-state index contributed by atoms with van der Waals surface area (Å²) in [6.07, 6.45) is 0.257. The molecule has 2 atom stereocenters. The van der Waals surface area contributed by atoms with E-state index in [4.69, 9.17) is 32.7 Å². The minimum Gasteiger partial charge on any atom is -0.391 e. The minimum absolute atomic E-state index is 0.0175. The van der Waals surface area contributed by atoms with Gasteiger partial charge in [-0.3, -0.25) is 0 Å². The number of hydrogen-bond acceptors (Lipinski definition) is 3. The van der Waals surface area contributed by atoms with Crippen molar-refractivity contribution in [3.63, 3.8) is 0 Å². The van der Waals surface area contributed by atoms with E-state index in [1.807, 2.05) is 6.07 Å². The lowest BCUT2D eigenvalue weighted by Gasteiger charge is -2.10. The molecule has 1 aromatic carbocycles. The molecule has 1 aliphatic heterocycles. The van der Waals surface area contributed by atoms with Crippen molar-refractivity contribution in [2.24, 2.45) is 0 Å². The highest BCUT2D eigenvalue weighted by atomic mass is 35.5. The summed E-state index contributed by atoms with van der Waals surface area (Å²) in [6, 6.07) is 5.31. The highest BCUT2D eigenvalue weighted by Crippen LogP contribution is 2.22. The van der Waals surface area contributed by atoms with Crippen LogP contribution in [0.5, 0.6) is 0 Å². The van der Waals surface area contributed by atoms with Crippen LogP contribution in [0.2, 0.25) is 10.0 Å². The fourth-order valence-electron chi connectivity index (χ4n) is 1.74. The van der Waals surface area contributed by atoms with Gasteiger partial charge in [0.15, 0.2) is 0 Å². The topological polar surface area (TPSA) is 38.7 Å². The highest BCUT2D eigenvalue weighted by molar-refractivity contribution is 6.35. The SMILES string of the molecule is OC1COC(COCc2ccc(Cl)cc2Cl)C1. The van der Waals surface area contributed by atoms with Crippen molar-refractivity contribution in [1.29, 1.82) is 0 Å². The monoisotopic (exact) mass is 276 g/mol. The van der Waals surface area contributed by atoms with Crippen LogP contribution in [0, 0.1) is 0 Å². The Morgan fingerprint density at radius 1 is 1.41 bits per heavy atom. The van der Waals surface area contributed by atoms with Crippen LogP contribution < -0.4 is 0 Å². The zero-order valence-electron chi connectivity index (χ0n) is 9.23. The van der Waals surface area contributed by atoms with Crippen molar-refractivity contribution in [2.75, 3.05) is 13.2 Å². The molecule has 1 saturated heterocycles. The number of benzene rings is 1. The van der Waals surface area contributed by atoms with Crippen LogP contribution in [-0.2, 0) is 16.1 Å². The van der Waals surface area contributed by atoms with Crippen molar-refractivity contribution >= 4 is 23.2 Å². The second-order valence-corrected chi connectivity index (χ2v) is 4.94. The maximum atomic E-state index is 9.27. The summed E-state index contributed by atoms with van der Waals surface area (Å²) in [5.74, 6) is 0. The molecule has 1 aliphatic rings. The van der Waals surface area contributed by atoms with Gasteiger partial charge < -0.3 is 14.6 Å². The predicted octanol–water partition coefficient (Wildman–Crippen LogP) is 2.66. The number of ether oxygens (including phenoxy) is 2. The summed E-state index contributed by atoms with van der Waals surface area (Å²) in [6.45, 7) is 1.29. The number of aliphatic hydroxyl groups is 1. The van der Waals surface area contributed by atoms with Crippen LogP contribution in [0.3, 0.4) is 0 Å². The van der Waals surface area contributed by atoms with Crippen LogP contribution in [-0.4, -0.2) is 30.5 Å². The lowest BCUT2D eigenvalue weighted by atomic mass is 10.2. The Kier molecular flexibility index (Phi) is 4.65. The van der Waals surface area contributed by atoms with E-state index in [0.29, 0.717) is 36.3 Å². The Morgan fingerprint density at radius 2 is 2.24 bits per heavy atom. The summed E-state index contributed by atoms with van der Waals surface area (Å²) in [5, 5.41) is 10.5. The Balaban J connectivity index is 1.78. The molecule has 0 radical (unpaired) electrons. The van der Waals surface area contributed by atoms with E-state index < -0.39 is 0 Å². The normalized spacial score (nSPS) is 24.2. The lowest BCUT2D eigenvalue weighted by molar-refractivity contribution is 0.00854. The molecule has 1 aromatic rings. The molecule has 0 bridgehead atoms. The molecule has 0 spiro atoms. The van der Waals surface area contributed by atoms with E-state index in [-0.39, 0.29) is 12.2 Å². The van der Waals surface area contributed by atoms with Gasteiger partial charge in [0.2, 0.25) is 0 Å². The summed E-state index contributed by atoms with van der Waals surface area (Å²) in [5.41, 5.74) is 0.898. The molecule has 0 amide bonds. The van der Waals surface area contributed by atoms with Gasteiger partial charge in [0.25, 0.3) is 0 Å². The van der Waals surface area contributed by atoms with Crippen molar-refractivity contribution in [3.8, 4) is 0 Å². The molecule has 1 N–H and O–H groups in total. The Hall–Kier alpha value is -0.320. The first-order chi connectivity index (χ1) is 8.15. The van der Waals surface area contributed by atoms with Gasteiger partial charge in [-0.15, -0.1) is 0 Å². The van der Waals surface area contributed by atoms with Crippen molar-refractivity contribution < 1.29 is 14.6 Å². The Labute approximate surface area is 110 Å². The third-order valence-electron chi connectivity index (χ3n) is 2.64. The molecule has 5 heteroatoms. The van der Waals surface area contributed by atoms with Gasteiger partial charge >= 0.3 is 0 Å². The van der Waals surface area contributed by atoms with Crippen LogP contribution in [0.4, 0.5) is 0 Å². The Morgan fingerprint density at radius 3 is 2.88 bits per heavy atom. The average Bonchev–Trinajstić information content (AvgIpc) is 2.68. The molecule has 2 rings (SSSR count). The first-order valence-electron chi connectivity index (χ1n) is 5.46. The number of aliphatic hydroxyl groups excluding tert-OH is 1.